The Bertz CT molecular complexity index is 422. The third kappa shape index (κ3) is 5.16. The first kappa shape index (κ1) is 16.4. The van der Waals surface area contributed by atoms with E-state index in [0.29, 0.717) is 18.5 Å². The van der Waals surface area contributed by atoms with Crippen LogP contribution in [0.15, 0.2) is 24.3 Å². The van der Waals surface area contributed by atoms with Gasteiger partial charge in [-0.2, -0.15) is 0 Å². The Morgan fingerprint density at radius 2 is 2.06 bits per heavy atom. The van der Waals surface area contributed by atoms with E-state index in [2.05, 4.69) is 5.32 Å². The van der Waals surface area contributed by atoms with Crippen LogP contribution in [0, 0.1) is 0 Å². The first-order valence-electron chi connectivity index (χ1n) is 5.42. The topological polar surface area (TPSA) is 98.2 Å². The van der Waals surface area contributed by atoms with E-state index in [-0.39, 0.29) is 18.3 Å². The predicted octanol–water partition coefficient (Wildman–Crippen LogP) is 0.213. The van der Waals surface area contributed by atoms with Crippen LogP contribution in [0.1, 0.15) is 22.8 Å². The van der Waals surface area contributed by atoms with E-state index < -0.39 is 11.9 Å². The molecule has 0 aliphatic rings. The molecule has 0 aromatic heterocycles. The summed E-state index contributed by atoms with van der Waals surface area (Å²) in [7, 11) is 0. The van der Waals surface area contributed by atoms with Crippen molar-refractivity contribution in [3.05, 3.63) is 35.4 Å². The van der Waals surface area contributed by atoms with E-state index in [1.807, 2.05) is 6.07 Å². The molecule has 0 bridgehead atoms. The van der Waals surface area contributed by atoms with Gasteiger partial charge in [-0.15, -0.1) is 12.4 Å². The van der Waals surface area contributed by atoms with Crippen LogP contribution >= 0.6 is 12.4 Å². The largest absolute Gasteiger partial charge is 0.366 e. The van der Waals surface area contributed by atoms with Crippen LogP contribution in [0.25, 0.3) is 0 Å². The molecule has 1 aromatic rings. The van der Waals surface area contributed by atoms with Gasteiger partial charge in [0, 0.05) is 12.1 Å². The Labute approximate surface area is 112 Å². The van der Waals surface area contributed by atoms with Gasteiger partial charge in [-0.3, -0.25) is 9.59 Å². The molecular formula is C12H18ClN3O2. The number of nitrogens with one attached hydrogen (secondary N) is 1. The zero-order valence-corrected chi connectivity index (χ0v) is 11.0. The zero-order valence-electron chi connectivity index (χ0n) is 10.2. The number of benzene rings is 1. The predicted molar refractivity (Wildman–Crippen MR) is 72.6 cm³/mol. The molecule has 2 amide bonds. The third-order valence-corrected chi connectivity index (χ3v) is 2.34. The second kappa shape index (κ2) is 7.68. The van der Waals surface area contributed by atoms with Crippen molar-refractivity contribution in [2.24, 2.45) is 11.5 Å². The normalized spacial score (nSPS) is 11.2. The van der Waals surface area contributed by atoms with Gasteiger partial charge in [0.15, 0.2) is 0 Å². The van der Waals surface area contributed by atoms with E-state index in [4.69, 9.17) is 11.5 Å². The van der Waals surface area contributed by atoms with E-state index >= 15 is 0 Å². The summed E-state index contributed by atoms with van der Waals surface area (Å²) in [6.07, 6.45) is 0.638. The van der Waals surface area contributed by atoms with Crippen molar-refractivity contribution in [2.75, 3.05) is 6.54 Å². The molecule has 100 valence electrons. The molecule has 0 aliphatic carbocycles. The second-order valence-electron chi connectivity index (χ2n) is 3.89. The SMILES string of the molecule is C[C@@H](N)C(=O)NCCc1cccc(C(N)=O)c1.Cl. The fraction of sp³-hybridized carbons (Fsp3) is 0.333. The Kier molecular flexibility index (Phi) is 7.00. The monoisotopic (exact) mass is 271 g/mol. The molecule has 1 rings (SSSR count). The standard InChI is InChI=1S/C12H17N3O2.ClH/c1-8(13)12(17)15-6-5-9-3-2-4-10(7-9)11(14)16;/h2-4,7-8H,5-6,13H2,1H3,(H2,14,16)(H,15,17);1H/t8-;/m1./s1. The highest BCUT2D eigenvalue weighted by Gasteiger charge is 2.06. The van der Waals surface area contributed by atoms with E-state index in [9.17, 15) is 9.59 Å². The summed E-state index contributed by atoms with van der Waals surface area (Å²) in [4.78, 5) is 22.2. The van der Waals surface area contributed by atoms with Crippen LogP contribution in [-0.4, -0.2) is 24.4 Å². The van der Waals surface area contributed by atoms with Crippen molar-refractivity contribution in [2.45, 2.75) is 19.4 Å². The van der Waals surface area contributed by atoms with Gasteiger partial charge in [0.05, 0.1) is 6.04 Å². The van der Waals surface area contributed by atoms with Gasteiger partial charge in [0.25, 0.3) is 0 Å². The van der Waals surface area contributed by atoms with Crippen LogP contribution in [0.4, 0.5) is 0 Å². The number of hydrogen-bond donors (Lipinski definition) is 3. The molecule has 5 nitrogen and oxygen atoms in total. The highest BCUT2D eigenvalue weighted by atomic mass is 35.5. The first-order valence-corrected chi connectivity index (χ1v) is 5.42. The highest BCUT2D eigenvalue weighted by molar-refractivity contribution is 5.92. The van der Waals surface area contributed by atoms with E-state index in [0.717, 1.165) is 5.56 Å². The minimum absolute atomic E-state index is 0. The molecule has 0 unspecified atom stereocenters. The van der Waals surface area contributed by atoms with Crippen molar-refractivity contribution in [1.29, 1.82) is 0 Å². The van der Waals surface area contributed by atoms with Crippen LogP contribution in [0.5, 0.6) is 0 Å². The molecule has 0 radical (unpaired) electrons. The zero-order chi connectivity index (χ0) is 12.8. The van der Waals surface area contributed by atoms with Gasteiger partial charge in [-0.05, 0) is 31.0 Å². The Morgan fingerprint density at radius 3 is 2.61 bits per heavy atom. The molecule has 0 fully saturated rings. The molecular weight excluding hydrogens is 254 g/mol. The fourth-order valence-corrected chi connectivity index (χ4v) is 1.37. The molecule has 0 saturated carbocycles. The lowest BCUT2D eigenvalue weighted by molar-refractivity contribution is -0.121. The summed E-state index contributed by atoms with van der Waals surface area (Å²) in [6.45, 7) is 2.12. The molecule has 5 N–H and O–H groups in total. The minimum Gasteiger partial charge on any atom is -0.366 e. The van der Waals surface area contributed by atoms with Gasteiger partial charge in [-0.25, -0.2) is 0 Å². The summed E-state index contributed by atoms with van der Waals surface area (Å²) < 4.78 is 0. The van der Waals surface area contributed by atoms with Crippen molar-refractivity contribution in [1.82, 2.24) is 5.32 Å². The van der Waals surface area contributed by atoms with Gasteiger partial charge in [0.1, 0.15) is 0 Å². The highest BCUT2D eigenvalue weighted by Crippen LogP contribution is 2.04. The minimum atomic E-state index is -0.507. The van der Waals surface area contributed by atoms with Crippen molar-refractivity contribution >= 4 is 24.2 Å². The first-order chi connectivity index (χ1) is 8.00. The summed E-state index contributed by atoms with van der Waals surface area (Å²) >= 11 is 0. The maximum Gasteiger partial charge on any atom is 0.248 e. The Hall–Kier alpha value is -1.59. The van der Waals surface area contributed by atoms with Gasteiger partial charge in [0.2, 0.25) is 11.8 Å². The summed E-state index contributed by atoms with van der Waals surface area (Å²) in [5.41, 5.74) is 12.0. The number of hydrogen-bond acceptors (Lipinski definition) is 3. The lowest BCUT2D eigenvalue weighted by atomic mass is 10.1. The smallest absolute Gasteiger partial charge is 0.248 e. The molecule has 0 aliphatic heterocycles. The quantitative estimate of drug-likeness (QED) is 0.714. The molecule has 1 aromatic carbocycles. The third-order valence-electron chi connectivity index (χ3n) is 2.34. The molecule has 0 spiro atoms. The summed E-state index contributed by atoms with van der Waals surface area (Å²) in [6, 6.07) is 6.52. The van der Waals surface area contributed by atoms with Crippen LogP contribution < -0.4 is 16.8 Å². The number of rotatable bonds is 5. The van der Waals surface area contributed by atoms with Crippen molar-refractivity contribution < 1.29 is 9.59 Å². The molecule has 6 heteroatoms. The number of amides is 2. The average molecular weight is 272 g/mol. The number of carbonyl (C=O) groups is 2. The van der Waals surface area contributed by atoms with Gasteiger partial charge >= 0.3 is 0 Å². The molecule has 0 saturated heterocycles. The fourth-order valence-electron chi connectivity index (χ4n) is 1.37. The van der Waals surface area contributed by atoms with Crippen molar-refractivity contribution in [3.63, 3.8) is 0 Å². The number of primary amides is 1. The Morgan fingerprint density at radius 1 is 1.39 bits per heavy atom. The maximum absolute atomic E-state index is 11.2. The summed E-state index contributed by atoms with van der Waals surface area (Å²) in [5.74, 6) is -0.637. The number of carbonyl (C=O) groups excluding carboxylic acids is 2. The summed E-state index contributed by atoms with van der Waals surface area (Å²) in [5, 5.41) is 2.70. The van der Waals surface area contributed by atoms with Crippen LogP contribution in [0.2, 0.25) is 0 Å². The van der Waals surface area contributed by atoms with Crippen LogP contribution in [0.3, 0.4) is 0 Å². The number of nitrogens with two attached hydrogens (primary N) is 2. The lowest BCUT2D eigenvalue weighted by Gasteiger charge is -2.08. The lowest BCUT2D eigenvalue weighted by Crippen LogP contribution is -2.39. The Balaban J connectivity index is 0.00000289. The van der Waals surface area contributed by atoms with Crippen molar-refractivity contribution in [3.8, 4) is 0 Å². The van der Waals surface area contributed by atoms with Gasteiger partial charge in [-0.1, -0.05) is 12.1 Å². The maximum atomic E-state index is 11.2. The van der Waals surface area contributed by atoms with Crippen LogP contribution in [-0.2, 0) is 11.2 Å². The van der Waals surface area contributed by atoms with Gasteiger partial charge < -0.3 is 16.8 Å². The molecule has 0 heterocycles. The molecule has 18 heavy (non-hydrogen) atoms. The number of halogens is 1. The van der Waals surface area contributed by atoms with E-state index in [1.165, 1.54) is 0 Å². The molecule has 1 atom stereocenters. The second-order valence-corrected chi connectivity index (χ2v) is 3.89. The average Bonchev–Trinajstić information content (AvgIpc) is 2.29. The van der Waals surface area contributed by atoms with E-state index in [1.54, 1.807) is 25.1 Å².